The molecule has 6 nitrogen and oxygen atoms in total. The highest BCUT2D eigenvalue weighted by atomic mass is 32.2. The molecule has 1 saturated carbocycles. The van der Waals surface area contributed by atoms with E-state index in [1.54, 1.807) is 19.2 Å². The molecule has 25 heavy (non-hydrogen) atoms. The molecule has 7 heteroatoms. The first kappa shape index (κ1) is 18.2. The first-order valence-electron chi connectivity index (χ1n) is 8.74. The van der Waals surface area contributed by atoms with Crippen LogP contribution < -0.4 is 4.74 Å². The van der Waals surface area contributed by atoms with E-state index in [0.29, 0.717) is 24.9 Å². The molecule has 1 amide bonds. The monoisotopic (exact) mass is 366 g/mol. The number of hydrogen-bond acceptors (Lipinski definition) is 4. The maximum atomic E-state index is 13.2. The molecule has 0 spiro atoms. The van der Waals surface area contributed by atoms with Crippen LogP contribution >= 0.6 is 0 Å². The molecule has 1 aromatic rings. The van der Waals surface area contributed by atoms with Crippen LogP contribution in [0, 0.1) is 6.92 Å². The Kier molecular flexibility index (Phi) is 4.81. The van der Waals surface area contributed by atoms with Crippen LogP contribution in [0.1, 0.15) is 43.7 Å². The zero-order valence-corrected chi connectivity index (χ0v) is 16.1. The minimum absolute atomic E-state index is 0.0303. The third kappa shape index (κ3) is 3.40. The van der Waals surface area contributed by atoms with Crippen LogP contribution in [0.5, 0.6) is 5.75 Å². The summed E-state index contributed by atoms with van der Waals surface area (Å²) in [7, 11) is -2.14. The third-order valence-electron chi connectivity index (χ3n) is 4.98. The van der Waals surface area contributed by atoms with E-state index >= 15 is 0 Å². The number of aryl methyl sites for hydroxylation is 1. The Balaban J connectivity index is 1.94. The standard InChI is InChI=1S/C18H26N2O4S/c1-12(2)15-10-16(24-4)13(3)9-17(15)25(22,23)19-7-8-20(14-5-6-14)18(21)11-19/h9-10,12,14H,5-8,11H2,1-4H3. The van der Waals surface area contributed by atoms with Gasteiger partial charge in [-0.3, -0.25) is 4.79 Å². The van der Waals surface area contributed by atoms with Crippen LogP contribution in [0.4, 0.5) is 0 Å². The van der Waals surface area contributed by atoms with Gasteiger partial charge >= 0.3 is 0 Å². The molecule has 1 aromatic carbocycles. The van der Waals surface area contributed by atoms with Crippen molar-refractivity contribution in [3.05, 3.63) is 23.3 Å². The summed E-state index contributed by atoms with van der Waals surface area (Å²) >= 11 is 0. The van der Waals surface area contributed by atoms with Crippen molar-refractivity contribution in [3.8, 4) is 5.75 Å². The predicted octanol–water partition coefficient (Wildman–Crippen LogP) is 2.12. The van der Waals surface area contributed by atoms with Gasteiger partial charge in [-0.05, 0) is 48.9 Å². The summed E-state index contributed by atoms with van der Waals surface area (Å²) in [5.41, 5.74) is 1.49. The fraction of sp³-hybridized carbons (Fsp3) is 0.611. The van der Waals surface area contributed by atoms with E-state index < -0.39 is 10.0 Å². The molecule has 1 saturated heterocycles. The average molecular weight is 366 g/mol. The van der Waals surface area contributed by atoms with Crippen molar-refractivity contribution < 1.29 is 17.9 Å². The number of rotatable bonds is 5. The molecule has 0 bridgehead atoms. The zero-order valence-electron chi connectivity index (χ0n) is 15.3. The molecule has 0 atom stereocenters. The summed E-state index contributed by atoms with van der Waals surface area (Å²) in [6, 6.07) is 3.79. The largest absolute Gasteiger partial charge is 0.496 e. The summed E-state index contributed by atoms with van der Waals surface area (Å²) in [5, 5.41) is 0. The topological polar surface area (TPSA) is 66.9 Å². The number of nitrogens with zero attached hydrogens (tertiary/aromatic N) is 2. The molecule has 1 heterocycles. The van der Waals surface area contributed by atoms with E-state index in [2.05, 4.69) is 0 Å². The molecular weight excluding hydrogens is 340 g/mol. The second-order valence-electron chi connectivity index (χ2n) is 7.17. The van der Waals surface area contributed by atoms with Crippen molar-refractivity contribution in [3.63, 3.8) is 0 Å². The molecule has 2 aliphatic rings. The van der Waals surface area contributed by atoms with Crippen molar-refractivity contribution in [2.45, 2.75) is 50.5 Å². The van der Waals surface area contributed by atoms with Crippen molar-refractivity contribution in [1.29, 1.82) is 0 Å². The van der Waals surface area contributed by atoms with Crippen LogP contribution in [0.3, 0.4) is 0 Å². The number of hydrogen-bond donors (Lipinski definition) is 0. The lowest BCUT2D eigenvalue weighted by atomic mass is 10.0. The second kappa shape index (κ2) is 6.61. The van der Waals surface area contributed by atoms with Crippen molar-refractivity contribution in [1.82, 2.24) is 9.21 Å². The number of ether oxygens (including phenoxy) is 1. The van der Waals surface area contributed by atoms with E-state index in [9.17, 15) is 13.2 Å². The number of piperazine rings is 1. The lowest BCUT2D eigenvalue weighted by molar-refractivity contribution is -0.134. The highest BCUT2D eigenvalue weighted by molar-refractivity contribution is 7.89. The van der Waals surface area contributed by atoms with Crippen LogP contribution in [0.15, 0.2) is 17.0 Å². The van der Waals surface area contributed by atoms with Crippen molar-refractivity contribution >= 4 is 15.9 Å². The molecule has 3 rings (SSSR count). The molecule has 0 aromatic heterocycles. The minimum Gasteiger partial charge on any atom is -0.496 e. The quantitative estimate of drug-likeness (QED) is 0.801. The Morgan fingerprint density at radius 2 is 1.88 bits per heavy atom. The van der Waals surface area contributed by atoms with E-state index in [0.717, 1.165) is 24.0 Å². The number of carbonyl (C=O) groups excluding carboxylic acids is 1. The second-order valence-corrected chi connectivity index (χ2v) is 9.08. The fourth-order valence-corrected chi connectivity index (χ4v) is 5.15. The Morgan fingerprint density at radius 1 is 1.20 bits per heavy atom. The number of carbonyl (C=O) groups is 1. The van der Waals surface area contributed by atoms with Gasteiger partial charge < -0.3 is 9.64 Å². The van der Waals surface area contributed by atoms with Crippen LogP contribution in [0.2, 0.25) is 0 Å². The first-order valence-corrected chi connectivity index (χ1v) is 10.2. The molecule has 1 aliphatic heterocycles. The fourth-order valence-electron chi connectivity index (χ4n) is 3.35. The van der Waals surface area contributed by atoms with Gasteiger partial charge in [-0.15, -0.1) is 0 Å². The van der Waals surface area contributed by atoms with Crippen LogP contribution in [-0.4, -0.2) is 56.3 Å². The molecule has 2 fully saturated rings. The first-order chi connectivity index (χ1) is 11.8. The van der Waals surface area contributed by atoms with E-state index in [-0.39, 0.29) is 23.3 Å². The summed E-state index contributed by atoms with van der Waals surface area (Å²) in [4.78, 5) is 14.5. The molecule has 0 unspecified atom stereocenters. The lowest BCUT2D eigenvalue weighted by Gasteiger charge is -2.34. The Bertz CT molecular complexity index is 785. The van der Waals surface area contributed by atoms with E-state index in [1.165, 1.54) is 4.31 Å². The van der Waals surface area contributed by atoms with E-state index in [4.69, 9.17) is 4.74 Å². The number of benzene rings is 1. The Hall–Kier alpha value is -1.60. The van der Waals surface area contributed by atoms with Crippen molar-refractivity contribution in [2.75, 3.05) is 26.7 Å². The van der Waals surface area contributed by atoms with Gasteiger partial charge in [0.2, 0.25) is 15.9 Å². The lowest BCUT2D eigenvalue weighted by Crippen LogP contribution is -2.52. The molecule has 0 N–H and O–H groups in total. The summed E-state index contributed by atoms with van der Waals surface area (Å²) in [6.07, 6.45) is 2.07. The molecular formula is C18H26N2O4S. The highest BCUT2D eigenvalue weighted by Gasteiger charge is 2.40. The van der Waals surface area contributed by atoms with Crippen LogP contribution in [0.25, 0.3) is 0 Å². The zero-order chi connectivity index (χ0) is 18.4. The summed E-state index contributed by atoms with van der Waals surface area (Å²) in [6.45, 7) is 6.51. The predicted molar refractivity (Wildman–Crippen MR) is 95.3 cm³/mol. The number of amides is 1. The minimum atomic E-state index is -3.72. The molecule has 138 valence electrons. The maximum absolute atomic E-state index is 13.2. The SMILES string of the molecule is COc1cc(C(C)C)c(S(=O)(=O)N2CCN(C3CC3)C(=O)C2)cc1C. The average Bonchev–Trinajstić information content (AvgIpc) is 3.38. The Morgan fingerprint density at radius 3 is 2.40 bits per heavy atom. The summed E-state index contributed by atoms with van der Waals surface area (Å²) in [5.74, 6) is 0.619. The van der Waals surface area contributed by atoms with Gasteiger partial charge in [-0.25, -0.2) is 8.42 Å². The van der Waals surface area contributed by atoms with Crippen LogP contribution in [-0.2, 0) is 14.8 Å². The molecule has 1 aliphatic carbocycles. The van der Waals surface area contributed by atoms with Gasteiger partial charge in [-0.1, -0.05) is 13.8 Å². The summed E-state index contributed by atoms with van der Waals surface area (Å²) < 4.78 is 33.1. The van der Waals surface area contributed by atoms with Gasteiger partial charge in [-0.2, -0.15) is 4.31 Å². The van der Waals surface area contributed by atoms with Crippen molar-refractivity contribution in [2.24, 2.45) is 0 Å². The maximum Gasteiger partial charge on any atom is 0.243 e. The van der Waals surface area contributed by atoms with E-state index in [1.807, 2.05) is 25.7 Å². The smallest absolute Gasteiger partial charge is 0.243 e. The molecule has 0 radical (unpaired) electrons. The number of sulfonamides is 1. The van der Waals surface area contributed by atoms with Gasteiger partial charge in [0.05, 0.1) is 18.6 Å². The number of methoxy groups -OCH3 is 1. The highest BCUT2D eigenvalue weighted by Crippen LogP contribution is 2.34. The third-order valence-corrected chi connectivity index (χ3v) is 6.88. The van der Waals surface area contributed by atoms with Gasteiger partial charge in [0.15, 0.2) is 0 Å². The van der Waals surface area contributed by atoms with Gasteiger partial charge in [0.25, 0.3) is 0 Å². The Labute approximate surface area is 149 Å². The van der Waals surface area contributed by atoms with Gasteiger partial charge in [0.1, 0.15) is 5.75 Å². The van der Waals surface area contributed by atoms with Gasteiger partial charge in [0, 0.05) is 19.1 Å². The normalized spacial score (nSPS) is 19.6.